The number of aromatic nitrogens is 1. The lowest BCUT2D eigenvalue weighted by Gasteiger charge is -2.45. The van der Waals surface area contributed by atoms with Gasteiger partial charge in [0.25, 0.3) is 0 Å². The molecule has 1 rings (SSSR count). The van der Waals surface area contributed by atoms with Gasteiger partial charge < -0.3 is 0 Å². The molecule has 3 N–H and O–H groups in total. The van der Waals surface area contributed by atoms with Crippen LogP contribution in [0.5, 0.6) is 0 Å². The average molecular weight is 264 g/mol. The van der Waals surface area contributed by atoms with Gasteiger partial charge in [0.1, 0.15) is 0 Å². The summed E-state index contributed by atoms with van der Waals surface area (Å²) in [5.41, 5.74) is 5.15. The summed E-state index contributed by atoms with van der Waals surface area (Å²) >= 11 is 0. The fourth-order valence-corrected chi connectivity index (χ4v) is 2.84. The number of pyridine rings is 1. The van der Waals surface area contributed by atoms with Crippen LogP contribution in [-0.2, 0) is 0 Å². The first-order valence-electron chi connectivity index (χ1n) is 7.17. The van der Waals surface area contributed by atoms with E-state index in [9.17, 15) is 0 Å². The van der Waals surface area contributed by atoms with E-state index >= 15 is 0 Å². The highest BCUT2D eigenvalue weighted by atomic mass is 15.3. The Bertz CT molecular complexity index is 372. The molecule has 0 radical (unpaired) electrons. The third-order valence-corrected chi connectivity index (χ3v) is 4.26. The zero-order valence-corrected chi connectivity index (χ0v) is 12.9. The van der Waals surface area contributed by atoms with Crippen LogP contribution in [0.25, 0.3) is 0 Å². The number of hydrogen-bond acceptors (Lipinski definition) is 4. The SMILES string of the molecule is CCN(CC)C(C)(CC)C(NN)c1ccc(C)nc1. The highest BCUT2D eigenvalue weighted by Crippen LogP contribution is 2.33. The largest absolute Gasteiger partial charge is 0.297 e. The molecule has 1 heterocycles. The Labute approximate surface area is 117 Å². The van der Waals surface area contributed by atoms with E-state index in [1.165, 1.54) is 0 Å². The number of nitrogens with zero attached hydrogens (tertiary/aromatic N) is 2. The van der Waals surface area contributed by atoms with E-state index in [0.29, 0.717) is 0 Å². The van der Waals surface area contributed by atoms with Crippen molar-refractivity contribution in [2.45, 2.75) is 52.6 Å². The van der Waals surface area contributed by atoms with Crippen LogP contribution in [-0.4, -0.2) is 28.5 Å². The van der Waals surface area contributed by atoms with E-state index in [0.717, 1.165) is 30.8 Å². The van der Waals surface area contributed by atoms with Gasteiger partial charge in [-0.2, -0.15) is 0 Å². The Morgan fingerprint density at radius 1 is 1.32 bits per heavy atom. The standard InChI is InChI=1S/C15H28N4/c1-6-15(5,19(7-2)8-3)14(18-16)13-10-9-12(4)17-11-13/h9-11,14,18H,6-8,16H2,1-5H3. The molecule has 0 saturated carbocycles. The molecule has 2 atom stereocenters. The van der Waals surface area contributed by atoms with Crippen LogP contribution >= 0.6 is 0 Å². The molecule has 0 aliphatic rings. The second-order valence-electron chi connectivity index (χ2n) is 5.22. The molecule has 0 amide bonds. The van der Waals surface area contributed by atoms with Crippen molar-refractivity contribution in [3.05, 3.63) is 29.6 Å². The lowest BCUT2D eigenvalue weighted by atomic mass is 9.83. The number of rotatable bonds is 7. The molecule has 0 aliphatic heterocycles. The van der Waals surface area contributed by atoms with Crippen molar-refractivity contribution in [2.24, 2.45) is 5.84 Å². The molecule has 0 saturated heterocycles. The second kappa shape index (κ2) is 6.98. The maximum Gasteiger partial charge on any atom is 0.0656 e. The summed E-state index contributed by atoms with van der Waals surface area (Å²) in [5, 5.41) is 0. The van der Waals surface area contributed by atoms with E-state index in [-0.39, 0.29) is 11.6 Å². The van der Waals surface area contributed by atoms with Gasteiger partial charge in [-0.05, 0) is 45.0 Å². The molecule has 2 unspecified atom stereocenters. The lowest BCUT2D eigenvalue weighted by molar-refractivity contribution is 0.0697. The molecule has 0 bridgehead atoms. The van der Waals surface area contributed by atoms with Gasteiger partial charge in [0.05, 0.1) is 6.04 Å². The third-order valence-electron chi connectivity index (χ3n) is 4.26. The summed E-state index contributed by atoms with van der Waals surface area (Å²) in [5.74, 6) is 5.85. The highest BCUT2D eigenvalue weighted by Gasteiger charge is 2.37. The quantitative estimate of drug-likeness (QED) is 0.586. The summed E-state index contributed by atoms with van der Waals surface area (Å²) in [6, 6.07) is 4.23. The molecule has 19 heavy (non-hydrogen) atoms. The Hall–Kier alpha value is -0.970. The first-order chi connectivity index (χ1) is 9.03. The van der Waals surface area contributed by atoms with Gasteiger partial charge in [-0.15, -0.1) is 0 Å². The summed E-state index contributed by atoms with van der Waals surface area (Å²) in [6.45, 7) is 12.9. The summed E-state index contributed by atoms with van der Waals surface area (Å²) in [6.07, 6.45) is 2.95. The number of nitrogens with two attached hydrogens (primary N) is 1. The minimum atomic E-state index is -0.0187. The number of likely N-dealkylation sites (N-methyl/N-ethyl adjacent to an activating group) is 1. The number of aryl methyl sites for hydroxylation is 1. The third kappa shape index (κ3) is 3.32. The van der Waals surface area contributed by atoms with Crippen molar-refractivity contribution < 1.29 is 0 Å². The Morgan fingerprint density at radius 3 is 2.32 bits per heavy atom. The summed E-state index contributed by atoms with van der Waals surface area (Å²) in [4.78, 5) is 6.85. The minimum Gasteiger partial charge on any atom is -0.297 e. The number of hydrazine groups is 1. The molecule has 1 aromatic rings. The smallest absolute Gasteiger partial charge is 0.0656 e. The van der Waals surface area contributed by atoms with Crippen LogP contribution in [0, 0.1) is 6.92 Å². The Morgan fingerprint density at radius 2 is 1.95 bits per heavy atom. The zero-order valence-electron chi connectivity index (χ0n) is 12.9. The first kappa shape index (κ1) is 16.1. The molecule has 0 aliphatic carbocycles. The Balaban J connectivity index is 3.14. The first-order valence-corrected chi connectivity index (χ1v) is 7.17. The van der Waals surface area contributed by atoms with E-state index in [1.54, 1.807) is 0 Å². The van der Waals surface area contributed by atoms with E-state index in [4.69, 9.17) is 5.84 Å². The maximum absolute atomic E-state index is 5.85. The van der Waals surface area contributed by atoms with Gasteiger partial charge in [0, 0.05) is 17.4 Å². The molecule has 108 valence electrons. The van der Waals surface area contributed by atoms with Gasteiger partial charge in [0.2, 0.25) is 0 Å². The van der Waals surface area contributed by atoms with E-state index in [1.807, 2.05) is 19.2 Å². The lowest BCUT2D eigenvalue weighted by Crippen LogP contribution is -2.55. The van der Waals surface area contributed by atoms with Crippen LogP contribution < -0.4 is 11.3 Å². The molecular weight excluding hydrogens is 236 g/mol. The van der Waals surface area contributed by atoms with Gasteiger partial charge in [-0.1, -0.05) is 26.8 Å². The maximum atomic E-state index is 5.85. The average Bonchev–Trinajstić information content (AvgIpc) is 2.43. The predicted molar refractivity (Wildman–Crippen MR) is 80.7 cm³/mol. The van der Waals surface area contributed by atoms with Crippen molar-refractivity contribution in [3.8, 4) is 0 Å². The summed E-state index contributed by atoms with van der Waals surface area (Å²) in [7, 11) is 0. The van der Waals surface area contributed by atoms with Gasteiger partial charge >= 0.3 is 0 Å². The van der Waals surface area contributed by atoms with Crippen LogP contribution in [0.1, 0.15) is 51.4 Å². The Kier molecular flexibility index (Phi) is 5.91. The number of hydrogen-bond donors (Lipinski definition) is 2. The van der Waals surface area contributed by atoms with Crippen molar-refractivity contribution >= 4 is 0 Å². The van der Waals surface area contributed by atoms with Crippen molar-refractivity contribution in [3.63, 3.8) is 0 Å². The fourth-order valence-electron chi connectivity index (χ4n) is 2.84. The van der Waals surface area contributed by atoms with Crippen LogP contribution in [0.3, 0.4) is 0 Å². The van der Waals surface area contributed by atoms with Crippen molar-refractivity contribution in [2.75, 3.05) is 13.1 Å². The van der Waals surface area contributed by atoms with Gasteiger partial charge in [-0.25, -0.2) is 0 Å². The van der Waals surface area contributed by atoms with Crippen LogP contribution in [0.4, 0.5) is 0 Å². The van der Waals surface area contributed by atoms with Crippen molar-refractivity contribution in [1.29, 1.82) is 0 Å². The number of nitrogens with one attached hydrogen (secondary N) is 1. The molecule has 0 spiro atoms. The molecule has 0 aromatic carbocycles. The minimum absolute atomic E-state index is 0.0187. The monoisotopic (exact) mass is 264 g/mol. The van der Waals surface area contributed by atoms with E-state index < -0.39 is 0 Å². The highest BCUT2D eigenvalue weighted by molar-refractivity contribution is 5.21. The molecule has 0 fully saturated rings. The molecule has 4 nitrogen and oxygen atoms in total. The molecule has 1 aromatic heterocycles. The normalized spacial score (nSPS) is 16.4. The second-order valence-corrected chi connectivity index (χ2v) is 5.22. The topological polar surface area (TPSA) is 54.2 Å². The zero-order chi connectivity index (χ0) is 14.5. The fraction of sp³-hybridized carbons (Fsp3) is 0.667. The predicted octanol–water partition coefficient (Wildman–Crippen LogP) is 2.40. The summed E-state index contributed by atoms with van der Waals surface area (Å²) < 4.78 is 0. The van der Waals surface area contributed by atoms with E-state index in [2.05, 4.69) is 49.1 Å². The van der Waals surface area contributed by atoms with Crippen LogP contribution in [0.15, 0.2) is 18.3 Å². The van der Waals surface area contributed by atoms with Gasteiger partial charge in [0.15, 0.2) is 0 Å². The van der Waals surface area contributed by atoms with Crippen LogP contribution in [0.2, 0.25) is 0 Å². The van der Waals surface area contributed by atoms with Gasteiger partial charge in [-0.3, -0.25) is 21.2 Å². The van der Waals surface area contributed by atoms with Crippen molar-refractivity contribution in [1.82, 2.24) is 15.3 Å². The molecule has 4 heteroatoms. The molecular formula is C15H28N4.